The minimum absolute atomic E-state index is 0.128. The van der Waals surface area contributed by atoms with Crippen LogP contribution in [-0.4, -0.2) is 42.1 Å². The first-order chi connectivity index (χ1) is 16.7. The number of benzene rings is 2. The van der Waals surface area contributed by atoms with Crippen molar-refractivity contribution < 1.29 is 13.9 Å². The zero-order valence-corrected chi connectivity index (χ0v) is 19.9. The smallest absolute Gasteiger partial charge is 0.287 e. The van der Waals surface area contributed by atoms with Gasteiger partial charge in [-0.25, -0.2) is 4.98 Å². The maximum Gasteiger partial charge on any atom is 0.287 e. The van der Waals surface area contributed by atoms with Crippen LogP contribution in [0.15, 0.2) is 71.3 Å². The molecule has 1 spiro atoms. The van der Waals surface area contributed by atoms with Crippen LogP contribution < -0.4 is 5.32 Å². The van der Waals surface area contributed by atoms with Gasteiger partial charge in [-0.15, -0.1) is 11.3 Å². The number of hydrogen-bond donors (Lipinski definition) is 1. The Morgan fingerprint density at radius 1 is 1.15 bits per heavy atom. The number of nitrogens with zero attached hydrogens (tertiary/aromatic N) is 2. The number of nitrogens with one attached hydrogen (secondary N) is 1. The first-order valence-corrected chi connectivity index (χ1v) is 12.5. The van der Waals surface area contributed by atoms with E-state index in [4.69, 9.17) is 14.1 Å². The minimum Gasteiger partial charge on any atom is -0.459 e. The predicted octanol–water partition coefficient (Wildman–Crippen LogP) is 4.92. The van der Waals surface area contributed by atoms with Crippen LogP contribution in [0, 0.1) is 0 Å². The lowest BCUT2D eigenvalue weighted by molar-refractivity contribution is -0.0123. The Balaban J connectivity index is 1.23. The molecule has 6 rings (SSSR count). The summed E-state index contributed by atoms with van der Waals surface area (Å²) in [7, 11) is 1.76. The molecule has 1 fully saturated rings. The number of thiazole rings is 1. The molecule has 1 aliphatic carbocycles. The van der Waals surface area contributed by atoms with Crippen LogP contribution in [0.3, 0.4) is 0 Å². The van der Waals surface area contributed by atoms with Crippen molar-refractivity contribution in [2.45, 2.75) is 36.9 Å². The van der Waals surface area contributed by atoms with Gasteiger partial charge in [0.05, 0.1) is 35.2 Å². The van der Waals surface area contributed by atoms with Crippen LogP contribution in [0.2, 0.25) is 0 Å². The van der Waals surface area contributed by atoms with E-state index in [1.165, 1.54) is 16.5 Å². The standard InChI is InChI=1S/C27H27N3O3S/c1-32-25-24(29-26(31)21-10-6-16-33-21)18-7-2-3-8-19(18)27(25)12-14-30(15-13-27)17-23-28-20-9-4-5-11-22(20)34-23/h2-11,16,24-25H,12-15,17H2,1H3,(H,29,31)/t24-,25+/m0/s1. The van der Waals surface area contributed by atoms with E-state index in [1.54, 1.807) is 30.6 Å². The molecule has 2 atom stereocenters. The van der Waals surface area contributed by atoms with E-state index >= 15 is 0 Å². The number of carbonyl (C=O) groups is 1. The maximum absolute atomic E-state index is 12.9. The number of para-hydroxylation sites is 1. The second kappa shape index (κ2) is 8.65. The molecule has 0 bridgehead atoms. The molecule has 1 saturated heterocycles. The Labute approximate surface area is 202 Å². The van der Waals surface area contributed by atoms with Crippen LogP contribution in [0.25, 0.3) is 10.2 Å². The second-order valence-corrected chi connectivity index (χ2v) is 10.3. The van der Waals surface area contributed by atoms with Crippen molar-refractivity contribution in [3.8, 4) is 0 Å². The zero-order valence-electron chi connectivity index (χ0n) is 19.1. The lowest BCUT2D eigenvalue weighted by Crippen LogP contribution is -2.50. The monoisotopic (exact) mass is 473 g/mol. The van der Waals surface area contributed by atoms with Gasteiger partial charge >= 0.3 is 0 Å². The number of hydrogen-bond acceptors (Lipinski definition) is 6. The highest BCUT2D eigenvalue weighted by Crippen LogP contribution is 2.52. The summed E-state index contributed by atoms with van der Waals surface area (Å²) in [6, 6.07) is 20.0. The molecule has 1 amide bonds. The van der Waals surface area contributed by atoms with E-state index in [0.29, 0.717) is 5.76 Å². The number of fused-ring (bicyclic) bond motifs is 3. The van der Waals surface area contributed by atoms with Gasteiger partial charge in [-0.1, -0.05) is 36.4 Å². The quantitative estimate of drug-likeness (QED) is 0.446. The van der Waals surface area contributed by atoms with Crippen molar-refractivity contribution >= 4 is 27.5 Å². The number of furan rings is 1. The summed E-state index contributed by atoms with van der Waals surface area (Å²) in [5.74, 6) is 0.108. The van der Waals surface area contributed by atoms with E-state index in [0.717, 1.165) is 48.6 Å². The summed E-state index contributed by atoms with van der Waals surface area (Å²) in [6.07, 6.45) is 3.34. The summed E-state index contributed by atoms with van der Waals surface area (Å²) in [5, 5.41) is 4.36. The number of amides is 1. The highest BCUT2D eigenvalue weighted by molar-refractivity contribution is 7.18. The van der Waals surface area contributed by atoms with E-state index in [9.17, 15) is 4.79 Å². The SMILES string of the molecule is CO[C@@H]1[C@@H](NC(=O)c2ccco2)c2ccccc2C12CCN(Cc1nc3ccccc3s1)CC2. The molecule has 0 unspecified atom stereocenters. The van der Waals surface area contributed by atoms with Crippen molar-refractivity contribution in [2.24, 2.45) is 0 Å². The van der Waals surface area contributed by atoms with E-state index in [2.05, 4.69) is 46.6 Å². The van der Waals surface area contributed by atoms with Crippen LogP contribution in [-0.2, 0) is 16.7 Å². The van der Waals surface area contributed by atoms with Crippen molar-refractivity contribution in [2.75, 3.05) is 20.2 Å². The second-order valence-electron chi connectivity index (χ2n) is 9.18. The lowest BCUT2D eigenvalue weighted by atomic mass is 9.72. The van der Waals surface area contributed by atoms with Gasteiger partial charge in [0.25, 0.3) is 5.91 Å². The molecule has 0 radical (unpaired) electrons. The highest BCUT2D eigenvalue weighted by atomic mass is 32.1. The topological polar surface area (TPSA) is 67.6 Å². The third-order valence-corrected chi connectivity index (χ3v) is 8.43. The van der Waals surface area contributed by atoms with Crippen molar-refractivity contribution in [1.82, 2.24) is 15.2 Å². The Morgan fingerprint density at radius 2 is 1.94 bits per heavy atom. The van der Waals surface area contributed by atoms with E-state index < -0.39 is 0 Å². The summed E-state index contributed by atoms with van der Waals surface area (Å²) >= 11 is 1.78. The summed E-state index contributed by atoms with van der Waals surface area (Å²) in [5.41, 5.74) is 3.40. The molecule has 0 saturated carbocycles. The summed E-state index contributed by atoms with van der Waals surface area (Å²) in [6.45, 7) is 2.79. The molecule has 6 nitrogen and oxygen atoms in total. The Hall–Kier alpha value is -3.00. The number of ether oxygens (including phenoxy) is 1. The van der Waals surface area contributed by atoms with Gasteiger partial charge in [0, 0.05) is 12.5 Å². The van der Waals surface area contributed by atoms with Gasteiger partial charge in [0.15, 0.2) is 5.76 Å². The van der Waals surface area contributed by atoms with Gasteiger partial charge in [-0.2, -0.15) is 0 Å². The first-order valence-electron chi connectivity index (χ1n) is 11.7. The van der Waals surface area contributed by atoms with Gasteiger partial charge in [-0.3, -0.25) is 9.69 Å². The molecule has 2 aliphatic rings. The third-order valence-electron chi connectivity index (χ3n) is 7.41. The normalized spacial score (nSPS) is 21.7. The Bertz CT molecular complexity index is 1270. The van der Waals surface area contributed by atoms with Crippen LogP contribution in [0.1, 0.15) is 45.6 Å². The fraction of sp³-hybridized carbons (Fsp3) is 0.333. The molecule has 174 valence electrons. The number of methoxy groups -OCH3 is 1. The number of aromatic nitrogens is 1. The molecule has 7 heteroatoms. The predicted molar refractivity (Wildman–Crippen MR) is 132 cm³/mol. The minimum atomic E-state index is -0.213. The fourth-order valence-electron chi connectivity index (χ4n) is 5.84. The van der Waals surface area contributed by atoms with Crippen LogP contribution in [0.4, 0.5) is 0 Å². The maximum atomic E-state index is 12.9. The Morgan fingerprint density at radius 3 is 2.71 bits per heavy atom. The van der Waals surface area contributed by atoms with Gasteiger partial charge in [0.2, 0.25) is 0 Å². The van der Waals surface area contributed by atoms with Crippen molar-refractivity contribution in [3.63, 3.8) is 0 Å². The molecular weight excluding hydrogens is 446 g/mol. The average Bonchev–Trinajstić information content (AvgIpc) is 3.59. The Kier molecular flexibility index (Phi) is 5.48. The fourth-order valence-corrected chi connectivity index (χ4v) is 6.84. The van der Waals surface area contributed by atoms with E-state index in [-0.39, 0.29) is 23.5 Å². The molecule has 3 heterocycles. The molecule has 4 aromatic rings. The number of likely N-dealkylation sites (tertiary alicyclic amines) is 1. The summed E-state index contributed by atoms with van der Waals surface area (Å²) in [4.78, 5) is 20.2. The number of piperidine rings is 1. The molecule has 2 aromatic carbocycles. The highest BCUT2D eigenvalue weighted by Gasteiger charge is 2.54. The summed E-state index contributed by atoms with van der Waals surface area (Å²) < 4.78 is 12.7. The number of carbonyl (C=O) groups excluding carboxylic acids is 1. The van der Waals surface area contributed by atoms with Gasteiger partial charge in [-0.05, 0) is 61.3 Å². The van der Waals surface area contributed by atoms with Gasteiger partial charge in [0.1, 0.15) is 5.01 Å². The average molecular weight is 474 g/mol. The molecule has 2 aromatic heterocycles. The molecule has 1 N–H and O–H groups in total. The molecule has 34 heavy (non-hydrogen) atoms. The lowest BCUT2D eigenvalue weighted by Gasteiger charge is -2.44. The van der Waals surface area contributed by atoms with Crippen LogP contribution >= 0.6 is 11.3 Å². The largest absolute Gasteiger partial charge is 0.459 e. The zero-order chi connectivity index (χ0) is 23.1. The third kappa shape index (κ3) is 3.55. The number of rotatable bonds is 5. The van der Waals surface area contributed by atoms with E-state index in [1.807, 2.05) is 12.1 Å². The molecular formula is C27H27N3O3S. The molecule has 1 aliphatic heterocycles. The van der Waals surface area contributed by atoms with Crippen molar-refractivity contribution in [1.29, 1.82) is 0 Å². The van der Waals surface area contributed by atoms with Gasteiger partial charge < -0.3 is 14.5 Å². The first kappa shape index (κ1) is 21.5. The van der Waals surface area contributed by atoms with Crippen LogP contribution in [0.5, 0.6) is 0 Å². The van der Waals surface area contributed by atoms with Crippen molar-refractivity contribution in [3.05, 3.63) is 88.8 Å².